The topological polar surface area (TPSA) is 33.2 Å². The number of hydrogen-bond acceptors (Lipinski definition) is 3. The lowest BCUT2D eigenvalue weighted by Gasteiger charge is -2.30. The number of thiazole rings is 1. The second-order valence-electron chi connectivity index (χ2n) is 6.21. The largest absolute Gasteiger partial charge is 0.343 e. The minimum Gasteiger partial charge on any atom is -0.343 e. The number of carbonyl (C=O) groups is 1. The van der Waals surface area contributed by atoms with Crippen molar-refractivity contribution < 1.29 is 9.18 Å². The molecule has 5 heteroatoms. The van der Waals surface area contributed by atoms with Crippen LogP contribution in [0.25, 0.3) is 10.6 Å². The van der Waals surface area contributed by atoms with Gasteiger partial charge in [0.25, 0.3) is 0 Å². The van der Waals surface area contributed by atoms with Crippen LogP contribution in [0.5, 0.6) is 0 Å². The molecule has 0 spiro atoms. The number of amides is 1. The summed E-state index contributed by atoms with van der Waals surface area (Å²) in [6, 6.07) is 6.35. The quantitative estimate of drug-likeness (QED) is 0.843. The first-order valence-electron chi connectivity index (χ1n) is 8.10. The van der Waals surface area contributed by atoms with Crippen LogP contribution in [0.1, 0.15) is 31.9 Å². The Bertz CT molecular complexity index is 660. The standard InChI is InChI=1S/C18H21FN2OS/c1-13-8-10-21(11-9-13)17(22)7-6-16-12-23-18(20-16)14-2-4-15(19)5-3-14/h2-5,12-13H,6-11H2,1H3. The lowest BCUT2D eigenvalue weighted by atomic mass is 9.99. The average Bonchev–Trinajstić information content (AvgIpc) is 3.03. The van der Waals surface area contributed by atoms with E-state index < -0.39 is 0 Å². The SMILES string of the molecule is CC1CCN(C(=O)CCc2csc(-c3ccc(F)cc3)n2)CC1. The number of benzene rings is 1. The van der Waals surface area contributed by atoms with E-state index in [1.165, 1.54) is 23.5 Å². The second-order valence-corrected chi connectivity index (χ2v) is 7.07. The lowest BCUT2D eigenvalue weighted by Crippen LogP contribution is -2.38. The molecule has 2 heterocycles. The van der Waals surface area contributed by atoms with Crippen LogP contribution in [0.15, 0.2) is 29.6 Å². The van der Waals surface area contributed by atoms with Gasteiger partial charge in [0.15, 0.2) is 0 Å². The van der Waals surface area contributed by atoms with Crippen molar-refractivity contribution >= 4 is 17.2 Å². The first-order chi connectivity index (χ1) is 11.1. The number of nitrogens with zero attached hydrogens (tertiary/aromatic N) is 2. The van der Waals surface area contributed by atoms with E-state index in [2.05, 4.69) is 11.9 Å². The zero-order chi connectivity index (χ0) is 16.2. The highest BCUT2D eigenvalue weighted by Crippen LogP contribution is 2.24. The van der Waals surface area contributed by atoms with Gasteiger partial charge in [0.2, 0.25) is 5.91 Å². The number of aryl methyl sites for hydroxylation is 1. The van der Waals surface area contributed by atoms with Crippen molar-refractivity contribution in [3.63, 3.8) is 0 Å². The maximum atomic E-state index is 13.0. The smallest absolute Gasteiger partial charge is 0.222 e. The first-order valence-corrected chi connectivity index (χ1v) is 8.98. The summed E-state index contributed by atoms with van der Waals surface area (Å²) in [4.78, 5) is 18.8. The van der Waals surface area contributed by atoms with Crippen LogP contribution in [0.3, 0.4) is 0 Å². The molecule has 23 heavy (non-hydrogen) atoms. The third-order valence-electron chi connectivity index (χ3n) is 4.37. The molecule has 0 bridgehead atoms. The Kier molecular flexibility index (Phi) is 5.06. The van der Waals surface area contributed by atoms with E-state index in [0.717, 1.165) is 48.1 Å². The Morgan fingerprint density at radius 3 is 2.70 bits per heavy atom. The van der Waals surface area contributed by atoms with Crippen molar-refractivity contribution in [2.75, 3.05) is 13.1 Å². The van der Waals surface area contributed by atoms with E-state index in [4.69, 9.17) is 0 Å². The molecule has 1 aliphatic rings. The minimum absolute atomic E-state index is 0.230. The van der Waals surface area contributed by atoms with E-state index in [1.807, 2.05) is 10.3 Å². The molecule has 1 saturated heterocycles. The molecule has 1 fully saturated rings. The molecule has 0 saturated carbocycles. The van der Waals surface area contributed by atoms with Crippen molar-refractivity contribution in [2.24, 2.45) is 5.92 Å². The summed E-state index contributed by atoms with van der Waals surface area (Å²) in [5.41, 5.74) is 1.85. The van der Waals surface area contributed by atoms with Crippen molar-refractivity contribution in [2.45, 2.75) is 32.6 Å². The van der Waals surface area contributed by atoms with Gasteiger partial charge in [0, 0.05) is 30.5 Å². The predicted octanol–water partition coefficient (Wildman–Crippen LogP) is 4.14. The van der Waals surface area contributed by atoms with Crippen LogP contribution >= 0.6 is 11.3 Å². The van der Waals surface area contributed by atoms with Crippen LogP contribution < -0.4 is 0 Å². The molecule has 1 amide bonds. The van der Waals surface area contributed by atoms with Crippen LogP contribution in [0.4, 0.5) is 4.39 Å². The normalized spacial score (nSPS) is 15.8. The number of likely N-dealkylation sites (tertiary alicyclic amines) is 1. The Morgan fingerprint density at radius 1 is 1.30 bits per heavy atom. The van der Waals surface area contributed by atoms with Crippen LogP contribution in [-0.2, 0) is 11.2 Å². The number of piperidine rings is 1. The zero-order valence-electron chi connectivity index (χ0n) is 13.3. The number of rotatable bonds is 4. The molecular formula is C18H21FN2OS. The minimum atomic E-state index is -0.244. The van der Waals surface area contributed by atoms with E-state index in [0.29, 0.717) is 12.8 Å². The van der Waals surface area contributed by atoms with E-state index in [1.54, 1.807) is 12.1 Å². The zero-order valence-corrected chi connectivity index (χ0v) is 14.1. The average molecular weight is 332 g/mol. The van der Waals surface area contributed by atoms with Gasteiger partial charge in [-0.1, -0.05) is 6.92 Å². The lowest BCUT2D eigenvalue weighted by molar-refractivity contribution is -0.132. The van der Waals surface area contributed by atoms with Crippen LogP contribution in [0, 0.1) is 11.7 Å². The van der Waals surface area contributed by atoms with Crippen molar-refractivity contribution in [3.8, 4) is 10.6 Å². The van der Waals surface area contributed by atoms with Gasteiger partial charge >= 0.3 is 0 Å². The van der Waals surface area contributed by atoms with Gasteiger partial charge in [-0.15, -0.1) is 11.3 Å². The summed E-state index contributed by atoms with van der Waals surface area (Å²) in [7, 11) is 0. The fourth-order valence-corrected chi connectivity index (χ4v) is 3.66. The number of aromatic nitrogens is 1. The third kappa shape index (κ3) is 4.16. The Hall–Kier alpha value is -1.75. The molecule has 0 atom stereocenters. The highest BCUT2D eigenvalue weighted by molar-refractivity contribution is 7.13. The number of carbonyl (C=O) groups excluding carboxylic acids is 1. The summed E-state index contributed by atoms with van der Waals surface area (Å²) in [5.74, 6) is 0.719. The second kappa shape index (κ2) is 7.21. The predicted molar refractivity (Wildman–Crippen MR) is 90.8 cm³/mol. The molecule has 1 aliphatic heterocycles. The van der Waals surface area contributed by atoms with Crippen LogP contribution in [0.2, 0.25) is 0 Å². The maximum absolute atomic E-state index is 13.0. The van der Waals surface area contributed by atoms with E-state index in [9.17, 15) is 9.18 Å². The summed E-state index contributed by atoms with van der Waals surface area (Å²) >= 11 is 1.54. The fourth-order valence-electron chi connectivity index (χ4n) is 2.80. The summed E-state index contributed by atoms with van der Waals surface area (Å²) in [5, 5.41) is 2.86. The van der Waals surface area contributed by atoms with Crippen molar-refractivity contribution in [1.29, 1.82) is 0 Å². The molecule has 0 unspecified atom stereocenters. The Balaban J connectivity index is 1.55. The number of hydrogen-bond donors (Lipinski definition) is 0. The third-order valence-corrected chi connectivity index (χ3v) is 5.31. The Labute approximate surface area is 140 Å². The van der Waals surface area contributed by atoms with Crippen LogP contribution in [-0.4, -0.2) is 28.9 Å². The fraction of sp³-hybridized carbons (Fsp3) is 0.444. The van der Waals surface area contributed by atoms with E-state index >= 15 is 0 Å². The van der Waals surface area contributed by atoms with Gasteiger partial charge < -0.3 is 4.90 Å². The Morgan fingerprint density at radius 2 is 2.00 bits per heavy atom. The van der Waals surface area contributed by atoms with Crippen molar-refractivity contribution in [1.82, 2.24) is 9.88 Å². The summed E-state index contributed by atoms with van der Waals surface area (Å²) < 4.78 is 13.0. The molecule has 122 valence electrons. The van der Waals surface area contributed by atoms with E-state index in [-0.39, 0.29) is 11.7 Å². The summed E-state index contributed by atoms with van der Waals surface area (Å²) in [6.07, 6.45) is 3.40. The molecule has 1 aromatic heterocycles. The molecule has 0 N–H and O–H groups in total. The molecule has 3 rings (SSSR count). The molecule has 3 nitrogen and oxygen atoms in total. The monoisotopic (exact) mass is 332 g/mol. The van der Waals surface area contributed by atoms with Crippen molar-refractivity contribution in [3.05, 3.63) is 41.2 Å². The van der Waals surface area contributed by atoms with Gasteiger partial charge in [0.1, 0.15) is 10.8 Å². The molecule has 0 aliphatic carbocycles. The highest BCUT2D eigenvalue weighted by atomic mass is 32.1. The molecule has 2 aromatic rings. The van der Waals surface area contributed by atoms with Gasteiger partial charge in [-0.05, 0) is 49.4 Å². The van der Waals surface area contributed by atoms with Gasteiger partial charge in [0.05, 0.1) is 5.69 Å². The maximum Gasteiger partial charge on any atom is 0.222 e. The van der Waals surface area contributed by atoms with Gasteiger partial charge in [-0.2, -0.15) is 0 Å². The molecule has 0 radical (unpaired) electrons. The van der Waals surface area contributed by atoms with Gasteiger partial charge in [-0.25, -0.2) is 9.37 Å². The highest BCUT2D eigenvalue weighted by Gasteiger charge is 2.20. The molecule has 1 aromatic carbocycles. The first kappa shape index (κ1) is 16.1. The molecular weight excluding hydrogens is 311 g/mol. The van der Waals surface area contributed by atoms with Gasteiger partial charge in [-0.3, -0.25) is 4.79 Å². The summed E-state index contributed by atoms with van der Waals surface area (Å²) in [6.45, 7) is 4.02. The number of halogens is 1.